The van der Waals surface area contributed by atoms with Gasteiger partial charge in [-0.3, -0.25) is 0 Å². The summed E-state index contributed by atoms with van der Waals surface area (Å²) in [6, 6.07) is 0.672. The van der Waals surface area contributed by atoms with Crippen molar-refractivity contribution >= 4 is 5.95 Å². The van der Waals surface area contributed by atoms with Gasteiger partial charge in [-0.2, -0.15) is 0 Å². The maximum absolute atomic E-state index is 4.45. The average Bonchev–Trinajstić information content (AvgIpc) is 2.85. The number of nitrogens with one attached hydrogen (secondary N) is 1. The third-order valence-electron chi connectivity index (χ3n) is 3.94. The fourth-order valence-corrected chi connectivity index (χ4v) is 2.51. The zero-order chi connectivity index (χ0) is 12.1. The minimum atomic E-state index is 0.672. The van der Waals surface area contributed by atoms with E-state index in [0.29, 0.717) is 12.0 Å². The van der Waals surface area contributed by atoms with Gasteiger partial charge in [0, 0.05) is 25.0 Å². The molecule has 1 aromatic rings. The summed E-state index contributed by atoms with van der Waals surface area (Å²) in [4.78, 5) is 4.45. The predicted molar refractivity (Wildman–Crippen MR) is 72.3 cm³/mol. The first-order valence-electron chi connectivity index (χ1n) is 7.08. The van der Waals surface area contributed by atoms with Crippen LogP contribution >= 0.6 is 0 Å². The van der Waals surface area contributed by atoms with Crippen molar-refractivity contribution in [2.75, 3.05) is 11.9 Å². The molecule has 1 aliphatic rings. The Morgan fingerprint density at radius 3 is 2.88 bits per heavy atom. The van der Waals surface area contributed by atoms with Gasteiger partial charge < -0.3 is 9.88 Å². The van der Waals surface area contributed by atoms with E-state index >= 15 is 0 Å². The van der Waals surface area contributed by atoms with Crippen molar-refractivity contribution in [2.45, 2.75) is 58.4 Å². The topological polar surface area (TPSA) is 29.9 Å². The maximum Gasteiger partial charge on any atom is 0.203 e. The highest BCUT2D eigenvalue weighted by Gasteiger charge is 2.17. The lowest BCUT2D eigenvalue weighted by Gasteiger charge is -2.25. The second-order valence-electron chi connectivity index (χ2n) is 5.34. The molecule has 3 heteroatoms. The van der Waals surface area contributed by atoms with Crippen molar-refractivity contribution in [1.82, 2.24) is 9.55 Å². The summed E-state index contributed by atoms with van der Waals surface area (Å²) in [5.41, 5.74) is 0. The summed E-state index contributed by atoms with van der Waals surface area (Å²) >= 11 is 0. The van der Waals surface area contributed by atoms with Gasteiger partial charge in [-0.1, -0.05) is 39.5 Å². The third kappa shape index (κ3) is 3.24. The van der Waals surface area contributed by atoms with Crippen molar-refractivity contribution < 1.29 is 0 Å². The molecule has 0 spiro atoms. The van der Waals surface area contributed by atoms with Crippen LogP contribution in [-0.2, 0) is 0 Å². The quantitative estimate of drug-likeness (QED) is 0.840. The minimum absolute atomic E-state index is 0.672. The lowest BCUT2D eigenvalue weighted by molar-refractivity contribution is 0.355. The van der Waals surface area contributed by atoms with Crippen LogP contribution in [0, 0.1) is 5.92 Å². The molecule has 0 bridgehead atoms. The van der Waals surface area contributed by atoms with Crippen LogP contribution in [0.2, 0.25) is 0 Å². The molecule has 0 saturated heterocycles. The highest BCUT2D eigenvalue weighted by Crippen LogP contribution is 2.30. The van der Waals surface area contributed by atoms with Crippen LogP contribution in [0.25, 0.3) is 0 Å². The van der Waals surface area contributed by atoms with Crippen LogP contribution in [0.5, 0.6) is 0 Å². The van der Waals surface area contributed by atoms with Crippen LogP contribution in [0.15, 0.2) is 12.4 Å². The summed E-state index contributed by atoms with van der Waals surface area (Å²) < 4.78 is 2.35. The largest absolute Gasteiger partial charge is 0.355 e. The Morgan fingerprint density at radius 2 is 2.18 bits per heavy atom. The van der Waals surface area contributed by atoms with Crippen LogP contribution < -0.4 is 5.32 Å². The molecule has 1 heterocycles. The second-order valence-corrected chi connectivity index (χ2v) is 5.34. The average molecular weight is 235 g/mol. The molecule has 0 aromatic carbocycles. The first kappa shape index (κ1) is 12.5. The number of hydrogen-bond acceptors (Lipinski definition) is 2. The molecule has 1 atom stereocenters. The molecule has 1 aliphatic carbocycles. The third-order valence-corrected chi connectivity index (χ3v) is 3.94. The van der Waals surface area contributed by atoms with Crippen molar-refractivity contribution in [1.29, 1.82) is 0 Å². The Balaban J connectivity index is 1.95. The van der Waals surface area contributed by atoms with E-state index in [1.165, 1.54) is 38.5 Å². The van der Waals surface area contributed by atoms with E-state index in [1.54, 1.807) is 0 Å². The summed E-state index contributed by atoms with van der Waals surface area (Å²) in [5.74, 6) is 1.78. The Bertz CT molecular complexity index is 326. The zero-order valence-corrected chi connectivity index (χ0v) is 11.2. The first-order chi connectivity index (χ1) is 8.31. The lowest BCUT2D eigenvalue weighted by Crippen LogP contribution is -2.18. The fourth-order valence-electron chi connectivity index (χ4n) is 2.51. The smallest absolute Gasteiger partial charge is 0.203 e. The summed E-state index contributed by atoms with van der Waals surface area (Å²) in [6.07, 6.45) is 12.0. The number of anilines is 1. The molecule has 0 radical (unpaired) electrons. The van der Waals surface area contributed by atoms with Crippen molar-refractivity contribution in [3.8, 4) is 0 Å². The summed E-state index contributed by atoms with van der Waals surface area (Å²) in [5, 5.41) is 3.49. The van der Waals surface area contributed by atoms with Crippen molar-refractivity contribution in [2.24, 2.45) is 5.92 Å². The molecule has 1 fully saturated rings. The summed E-state index contributed by atoms with van der Waals surface area (Å²) in [6.45, 7) is 5.54. The van der Waals surface area contributed by atoms with E-state index in [4.69, 9.17) is 0 Å². The number of nitrogens with zero attached hydrogens (tertiary/aromatic N) is 2. The van der Waals surface area contributed by atoms with Gasteiger partial charge in [-0.25, -0.2) is 4.98 Å². The number of hydrogen-bond donors (Lipinski definition) is 1. The fraction of sp³-hybridized carbons (Fsp3) is 0.786. The SMILES string of the molecule is CCC(C)CNc1nccn1C1CCCCC1. The molecule has 96 valence electrons. The molecule has 1 N–H and O–H groups in total. The van der Waals surface area contributed by atoms with Gasteiger partial charge in [-0.05, 0) is 18.8 Å². The number of imidazole rings is 1. The van der Waals surface area contributed by atoms with Gasteiger partial charge in [0.15, 0.2) is 0 Å². The Hall–Kier alpha value is -0.990. The lowest BCUT2D eigenvalue weighted by atomic mass is 9.95. The minimum Gasteiger partial charge on any atom is -0.355 e. The first-order valence-corrected chi connectivity index (χ1v) is 7.08. The van der Waals surface area contributed by atoms with Crippen molar-refractivity contribution in [3.05, 3.63) is 12.4 Å². The van der Waals surface area contributed by atoms with Gasteiger partial charge in [0.2, 0.25) is 5.95 Å². The van der Waals surface area contributed by atoms with Crippen molar-refractivity contribution in [3.63, 3.8) is 0 Å². The molecular weight excluding hydrogens is 210 g/mol. The van der Waals surface area contributed by atoms with Crippen LogP contribution in [0.1, 0.15) is 58.4 Å². The van der Waals surface area contributed by atoms with E-state index in [2.05, 4.69) is 34.9 Å². The van der Waals surface area contributed by atoms with E-state index in [-0.39, 0.29) is 0 Å². The van der Waals surface area contributed by atoms with Gasteiger partial charge in [-0.15, -0.1) is 0 Å². The van der Waals surface area contributed by atoms with E-state index < -0.39 is 0 Å². The molecule has 0 aliphatic heterocycles. The zero-order valence-electron chi connectivity index (χ0n) is 11.2. The molecule has 1 unspecified atom stereocenters. The summed E-state index contributed by atoms with van der Waals surface area (Å²) in [7, 11) is 0. The van der Waals surface area contributed by atoms with E-state index in [9.17, 15) is 0 Å². The highest BCUT2D eigenvalue weighted by molar-refractivity contribution is 5.26. The molecular formula is C14H25N3. The predicted octanol–water partition coefficient (Wildman–Crippen LogP) is 3.85. The normalized spacial score (nSPS) is 19.2. The van der Waals surface area contributed by atoms with Gasteiger partial charge in [0.05, 0.1) is 0 Å². The maximum atomic E-state index is 4.45. The number of rotatable bonds is 5. The van der Waals surface area contributed by atoms with Crippen LogP contribution in [0.3, 0.4) is 0 Å². The molecule has 0 amide bonds. The number of aromatic nitrogens is 2. The van der Waals surface area contributed by atoms with Gasteiger partial charge >= 0.3 is 0 Å². The van der Waals surface area contributed by atoms with Crippen LogP contribution in [-0.4, -0.2) is 16.1 Å². The monoisotopic (exact) mass is 235 g/mol. The molecule has 3 nitrogen and oxygen atoms in total. The van der Waals surface area contributed by atoms with Gasteiger partial charge in [0.25, 0.3) is 0 Å². The molecule has 1 aromatic heterocycles. The Labute approximate surface area is 105 Å². The highest BCUT2D eigenvalue weighted by atomic mass is 15.2. The van der Waals surface area contributed by atoms with Crippen LogP contribution in [0.4, 0.5) is 5.95 Å². The second kappa shape index (κ2) is 6.08. The standard InChI is InChI=1S/C14H25N3/c1-3-12(2)11-16-14-15-9-10-17(14)13-7-5-4-6-8-13/h9-10,12-13H,3-8,11H2,1-2H3,(H,15,16). The molecule has 1 saturated carbocycles. The Kier molecular flexibility index (Phi) is 4.46. The molecule has 17 heavy (non-hydrogen) atoms. The van der Waals surface area contributed by atoms with Gasteiger partial charge in [0.1, 0.15) is 0 Å². The Morgan fingerprint density at radius 1 is 1.41 bits per heavy atom. The van der Waals surface area contributed by atoms with E-state index in [1.807, 2.05) is 6.20 Å². The van der Waals surface area contributed by atoms with E-state index in [0.717, 1.165) is 12.5 Å². The molecule has 2 rings (SSSR count).